The summed E-state index contributed by atoms with van der Waals surface area (Å²) < 4.78 is 3.94. The van der Waals surface area contributed by atoms with Gasteiger partial charge in [-0.15, -0.1) is 10.9 Å². The summed E-state index contributed by atoms with van der Waals surface area (Å²) >= 11 is 0. The number of para-hydroxylation sites is 4. The van der Waals surface area contributed by atoms with Crippen molar-refractivity contribution in [2.24, 2.45) is 0 Å². The molecule has 0 aliphatic heterocycles. The standard InChI is InChI=1S/C37H16B7N3/c38-29-22(17-45)36(46-23-13-5-1-9-18(23)19-10-2-6-14-24(19)46)32(41)27(30(29)39)28-31(40)33(42)34(43)35(44)37(28)47-25-15-7-3-11-20(25)21-12-4-8-16-26(21)47/h1-16H. The van der Waals surface area contributed by atoms with Crippen LogP contribution < -0.4 is 38.2 Å². The molecule has 0 aliphatic rings. The maximum atomic E-state index is 10.5. The molecule has 6 aromatic carbocycles. The van der Waals surface area contributed by atoms with Gasteiger partial charge in [-0.2, -0.15) is 5.26 Å². The highest BCUT2D eigenvalue weighted by molar-refractivity contribution is 6.66. The summed E-state index contributed by atoms with van der Waals surface area (Å²) in [5.41, 5.74) is 5.80. The minimum absolute atomic E-state index is 0.0510. The molecule has 0 saturated heterocycles. The molecule has 2 heterocycles. The summed E-state index contributed by atoms with van der Waals surface area (Å²) in [7, 11) is 47.6. The first kappa shape index (κ1) is 29.3. The predicted molar refractivity (Wildman–Crippen MR) is 203 cm³/mol. The van der Waals surface area contributed by atoms with E-state index in [0.29, 0.717) is 22.5 Å². The van der Waals surface area contributed by atoms with Crippen LogP contribution in [0, 0.1) is 11.3 Å². The Balaban J connectivity index is 1.59. The number of fused-ring (bicyclic) bond motifs is 6. The minimum atomic E-state index is 0.0510. The number of hydrogen-bond donors (Lipinski definition) is 0. The molecule has 14 radical (unpaired) electrons. The summed E-state index contributed by atoms with van der Waals surface area (Å²) in [6.07, 6.45) is 0. The average Bonchev–Trinajstić information content (AvgIpc) is 3.61. The molecule has 0 saturated carbocycles. The quantitative estimate of drug-likeness (QED) is 0.288. The van der Waals surface area contributed by atoms with Crippen LogP contribution in [-0.2, 0) is 0 Å². The Morgan fingerprint density at radius 2 is 0.745 bits per heavy atom. The fourth-order valence-corrected chi connectivity index (χ4v) is 7.04. The van der Waals surface area contributed by atoms with Gasteiger partial charge in [-0.3, -0.25) is 0 Å². The van der Waals surface area contributed by atoms with Crippen molar-refractivity contribution in [3.05, 3.63) is 103 Å². The first-order valence-electron chi connectivity index (χ1n) is 14.9. The molecule has 0 aliphatic carbocycles. The van der Waals surface area contributed by atoms with Crippen molar-refractivity contribution in [3.8, 4) is 28.6 Å². The Morgan fingerprint density at radius 1 is 0.383 bits per heavy atom. The number of rotatable bonds is 3. The van der Waals surface area contributed by atoms with E-state index in [1.54, 1.807) is 0 Å². The molecule has 47 heavy (non-hydrogen) atoms. The number of benzene rings is 6. The monoisotopic (exact) mass is 579 g/mol. The fraction of sp³-hybridized carbons (Fsp3) is 0. The van der Waals surface area contributed by atoms with E-state index >= 15 is 0 Å². The molecule has 8 aromatic rings. The molecule has 0 unspecified atom stereocenters. The summed E-state index contributed by atoms with van der Waals surface area (Å²) in [6, 6.07) is 34.0. The zero-order valence-electron chi connectivity index (χ0n) is 25.1. The van der Waals surface area contributed by atoms with Gasteiger partial charge in [0.1, 0.15) is 61.0 Å². The molecule has 3 nitrogen and oxygen atoms in total. The number of hydrogen-bond acceptors (Lipinski definition) is 1. The van der Waals surface area contributed by atoms with Gasteiger partial charge in [0, 0.05) is 27.2 Å². The SMILES string of the molecule is [B]c1c([B])c([B])c(-n2c3ccccc3c3ccccc32)c(-c2c([B])c([B])c(C#N)c(-n3c4ccccc4c4ccccc43)c2[B])c1[B]. The topological polar surface area (TPSA) is 33.6 Å². The highest BCUT2D eigenvalue weighted by Crippen LogP contribution is 2.36. The van der Waals surface area contributed by atoms with Crippen LogP contribution >= 0.6 is 0 Å². The molecule has 8 rings (SSSR count). The van der Waals surface area contributed by atoms with Gasteiger partial charge >= 0.3 is 0 Å². The van der Waals surface area contributed by atoms with E-state index in [1.807, 2.05) is 106 Å². The number of nitrogens with zero attached hydrogens (tertiary/aromatic N) is 3. The highest BCUT2D eigenvalue weighted by atomic mass is 15.0. The van der Waals surface area contributed by atoms with Crippen molar-refractivity contribution in [2.45, 2.75) is 0 Å². The molecule has 0 spiro atoms. The van der Waals surface area contributed by atoms with Gasteiger partial charge in [-0.25, -0.2) is 0 Å². The third-order valence-corrected chi connectivity index (χ3v) is 9.19. The molecule has 0 fully saturated rings. The summed E-state index contributed by atoms with van der Waals surface area (Å²) in [5.74, 6) is 0. The van der Waals surface area contributed by atoms with E-state index in [2.05, 4.69) is 6.07 Å². The predicted octanol–water partition coefficient (Wildman–Crippen LogP) is 0.976. The third kappa shape index (κ3) is 3.96. The van der Waals surface area contributed by atoms with Crippen LogP contribution in [0.25, 0.3) is 66.1 Å². The van der Waals surface area contributed by atoms with Crippen LogP contribution in [0.3, 0.4) is 0 Å². The summed E-state index contributed by atoms with van der Waals surface area (Å²) in [5, 5.41) is 14.5. The smallest absolute Gasteiger partial charge is 0.117 e. The van der Waals surface area contributed by atoms with Gasteiger partial charge < -0.3 is 9.13 Å². The first-order chi connectivity index (χ1) is 22.8. The lowest BCUT2D eigenvalue weighted by Crippen LogP contribution is -2.51. The lowest BCUT2D eigenvalue weighted by atomic mass is 9.60. The largest absolute Gasteiger partial charge is 0.309 e. The molecule has 10 heteroatoms. The fourth-order valence-electron chi connectivity index (χ4n) is 7.04. The van der Waals surface area contributed by atoms with Crippen molar-refractivity contribution in [1.82, 2.24) is 9.13 Å². The van der Waals surface area contributed by atoms with Gasteiger partial charge in [0.05, 0.1) is 33.3 Å². The molecule has 0 bridgehead atoms. The molecular weight excluding hydrogens is 562 g/mol. The third-order valence-electron chi connectivity index (χ3n) is 9.19. The summed E-state index contributed by atoms with van der Waals surface area (Å²) in [6.45, 7) is 0. The Bertz CT molecular complexity index is 2570. The Labute approximate surface area is 281 Å². The van der Waals surface area contributed by atoms with E-state index in [0.717, 1.165) is 43.6 Å². The zero-order chi connectivity index (χ0) is 32.7. The van der Waals surface area contributed by atoms with E-state index in [-0.39, 0.29) is 43.8 Å². The van der Waals surface area contributed by atoms with E-state index in [9.17, 15) is 5.26 Å². The Hall–Kier alpha value is -5.14. The normalized spacial score (nSPS) is 11.6. The molecule has 2 aromatic heterocycles. The molecule has 0 atom stereocenters. The van der Waals surface area contributed by atoms with Crippen molar-refractivity contribution in [1.29, 1.82) is 5.26 Å². The maximum Gasteiger partial charge on any atom is 0.117 e. The van der Waals surface area contributed by atoms with Crippen LogP contribution in [0.15, 0.2) is 97.1 Å². The lowest BCUT2D eigenvalue weighted by Gasteiger charge is -2.29. The van der Waals surface area contributed by atoms with Crippen LogP contribution in [0.1, 0.15) is 5.56 Å². The summed E-state index contributed by atoms with van der Waals surface area (Å²) in [4.78, 5) is 0. The molecule has 0 amide bonds. The molecule has 200 valence electrons. The van der Waals surface area contributed by atoms with Crippen LogP contribution in [-0.4, -0.2) is 64.1 Å². The van der Waals surface area contributed by atoms with E-state index in [4.69, 9.17) is 54.9 Å². The van der Waals surface area contributed by atoms with E-state index in [1.165, 1.54) is 0 Å². The van der Waals surface area contributed by atoms with Crippen LogP contribution in [0.2, 0.25) is 0 Å². The second-order valence-electron chi connectivity index (χ2n) is 11.6. The average molecular weight is 578 g/mol. The number of nitriles is 1. The van der Waals surface area contributed by atoms with Crippen LogP contribution in [0.5, 0.6) is 0 Å². The Morgan fingerprint density at radius 3 is 1.17 bits per heavy atom. The van der Waals surface area contributed by atoms with Gasteiger partial charge in [0.15, 0.2) is 0 Å². The lowest BCUT2D eigenvalue weighted by molar-refractivity contribution is 1.18. The Kier molecular flexibility index (Phi) is 6.67. The molecular formula is C37H16B7N3. The first-order valence-corrected chi connectivity index (χ1v) is 14.9. The van der Waals surface area contributed by atoms with Crippen molar-refractivity contribution >= 4 is 137 Å². The molecule has 0 N–H and O–H groups in total. The van der Waals surface area contributed by atoms with Gasteiger partial charge in [-0.1, -0.05) is 100 Å². The second kappa shape index (κ2) is 10.7. The van der Waals surface area contributed by atoms with Gasteiger partial charge in [0.2, 0.25) is 0 Å². The zero-order valence-corrected chi connectivity index (χ0v) is 25.1. The second-order valence-corrected chi connectivity index (χ2v) is 11.6. The van der Waals surface area contributed by atoms with Crippen molar-refractivity contribution in [3.63, 3.8) is 0 Å². The van der Waals surface area contributed by atoms with Crippen LogP contribution in [0.4, 0.5) is 0 Å². The van der Waals surface area contributed by atoms with Gasteiger partial charge in [-0.05, 0) is 35.4 Å². The van der Waals surface area contributed by atoms with Crippen molar-refractivity contribution < 1.29 is 0 Å². The van der Waals surface area contributed by atoms with Crippen molar-refractivity contribution in [2.75, 3.05) is 0 Å². The maximum absolute atomic E-state index is 10.5. The van der Waals surface area contributed by atoms with Gasteiger partial charge in [0.25, 0.3) is 0 Å². The minimum Gasteiger partial charge on any atom is -0.309 e. The highest BCUT2D eigenvalue weighted by Gasteiger charge is 2.27. The number of aromatic nitrogens is 2. The van der Waals surface area contributed by atoms with E-state index < -0.39 is 0 Å².